The summed E-state index contributed by atoms with van der Waals surface area (Å²) in [5.74, 6) is -0.986. The first-order valence-electron chi connectivity index (χ1n) is 6.45. The molecule has 1 heterocycles. The van der Waals surface area contributed by atoms with Crippen molar-refractivity contribution in [1.29, 1.82) is 0 Å². The van der Waals surface area contributed by atoms with E-state index in [1.54, 1.807) is 13.0 Å². The Bertz CT molecular complexity index is 598. The van der Waals surface area contributed by atoms with E-state index in [0.717, 1.165) is 4.88 Å². The van der Waals surface area contributed by atoms with Gasteiger partial charge < -0.3 is 5.32 Å². The molecule has 1 unspecified atom stereocenters. The molecule has 1 aromatic carbocycles. The van der Waals surface area contributed by atoms with Crippen molar-refractivity contribution >= 4 is 22.9 Å². The first-order chi connectivity index (χ1) is 9.52. The number of aryl methyl sites for hydroxylation is 1. The molecule has 5 heteroatoms. The van der Waals surface area contributed by atoms with Crippen LogP contribution in [0.15, 0.2) is 24.3 Å². The molecule has 20 heavy (non-hydrogen) atoms. The maximum absolute atomic E-state index is 14.2. The zero-order valence-corrected chi connectivity index (χ0v) is 12.9. The predicted octanol–water partition coefficient (Wildman–Crippen LogP) is 4.88. The molecule has 1 N–H and O–H groups in total. The van der Waals surface area contributed by atoms with Crippen molar-refractivity contribution in [3.05, 3.63) is 56.2 Å². The van der Waals surface area contributed by atoms with Crippen LogP contribution in [0.1, 0.15) is 29.0 Å². The SMILES string of the molecule is CCNC(Cc1ccc(Cl)s1)c1c(F)ccc(C)c1F. The molecule has 0 amide bonds. The molecule has 0 radical (unpaired) electrons. The zero-order chi connectivity index (χ0) is 14.7. The second kappa shape index (κ2) is 6.66. The fourth-order valence-corrected chi connectivity index (χ4v) is 3.32. The minimum Gasteiger partial charge on any atom is -0.310 e. The van der Waals surface area contributed by atoms with Crippen LogP contribution in [-0.4, -0.2) is 6.54 Å². The monoisotopic (exact) mass is 315 g/mol. The molecule has 0 fully saturated rings. The molecule has 2 rings (SSSR count). The molecule has 0 saturated carbocycles. The van der Waals surface area contributed by atoms with E-state index >= 15 is 0 Å². The molecule has 0 aliphatic rings. The van der Waals surface area contributed by atoms with Gasteiger partial charge in [0.15, 0.2) is 0 Å². The second-order valence-electron chi connectivity index (χ2n) is 4.61. The number of hydrogen-bond acceptors (Lipinski definition) is 2. The highest BCUT2D eigenvalue weighted by Crippen LogP contribution is 2.30. The molecule has 1 atom stereocenters. The van der Waals surface area contributed by atoms with Crippen molar-refractivity contribution in [3.8, 4) is 0 Å². The van der Waals surface area contributed by atoms with Gasteiger partial charge in [0.1, 0.15) is 11.6 Å². The molecule has 1 aromatic heterocycles. The smallest absolute Gasteiger partial charge is 0.133 e. The highest BCUT2D eigenvalue weighted by Gasteiger charge is 2.21. The van der Waals surface area contributed by atoms with Gasteiger partial charge >= 0.3 is 0 Å². The van der Waals surface area contributed by atoms with Crippen molar-refractivity contribution in [2.45, 2.75) is 26.3 Å². The van der Waals surface area contributed by atoms with Crippen LogP contribution >= 0.6 is 22.9 Å². The fourth-order valence-electron chi connectivity index (χ4n) is 2.18. The molecular formula is C15H16ClF2NS. The lowest BCUT2D eigenvalue weighted by Crippen LogP contribution is -2.25. The van der Waals surface area contributed by atoms with E-state index < -0.39 is 17.7 Å². The molecule has 0 bridgehead atoms. The Hall–Kier alpha value is -0.970. The van der Waals surface area contributed by atoms with Crippen molar-refractivity contribution in [2.24, 2.45) is 0 Å². The quantitative estimate of drug-likeness (QED) is 0.829. The highest BCUT2D eigenvalue weighted by molar-refractivity contribution is 7.16. The molecule has 108 valence electrons. The summed E-state index contributed by atoms with van der Waals surface area (Å²) in [6.45, 7) is 4.19. The Kier molecular flexibility index (Phi) is 5.13. The minimum atomic E-state index is -0.512. The number of hydrogen-bond donors (Lipinski definition) is 1. The van der Waals surface area contributed by atoms with Gasteiger partial charge in [-0.05, 0) is 37.2 Å². The third-order valence-electron chi connectivity index (χ3n) is 3.15. The molecule has 0 aliphatic heterocycles. The van der Waals surface area contributed by atoms with E-state index in [0.29, 0.717) is 22.9 Å². The van der Waals surface area contributed by atoms with Crippen LogP contribution in [0.25, 0.3) is 0 Å². The number of thiophene rings is 1. The number of nitrogens with one attached hydrogen (secondary N) is 1. The summed E-state index contributed by atoms with van der Waals surface area (Å²) in [4.78, 5) is 1.00. The maximum atomic E-state index is 14.2. The Morgan fingerprint density at radius 3 is 2.60 bits per heavy atom. The van der Waals surface area contributed by atoms with Crippen LogP contribution in [0.2, 0.25) is 4.34 Å². The van der Waals surface area contributed by atoms with Gasteiger partial charge in [0, 0.05) is 22.9 Å². The minimum absolute atomic E-state index is 0.108. The standard InChI is InChI=1S/C15H16ClF2NS/c1-3-19-12(8-10-5-7-13(16)20-10)14-11(17)6-4-9(2)15(14)18/h4-7,12,19H,3,8H2,1-2H3. The van der Waals surface area contributed by atoms with Crippen LogP contribution in [0.5, 0.6) is 0 Å². The largest absolute Gasteiger partial charge is 0.310 e. The summed E-state index contributed by atoms with van der Waals surface area (Å²) < 4.78 is 28.9. The van der Waals surface area contributed by atoms with E-state index in [1.807, 2.05) is 13.0 Å². The molecule has 1 nitrogen and oxygen atoms in total. The van der Waals surface area contributed by atoms with Crippen LogP contribution in [0.3, 0.4) is 0 Å². The van der Waals surface area contributed by atoms with Crippen molar-refractivity contribution < 1.29 is 8.78 Å². The van der Waals surface area contributed by atoms with E-state index in [4.69, 9.17) is 11.6 Å². The van der Waals surface area contributed by atoms with E-state index in [9.17, 15) is 8.78 Å². The van der Waals surface area contributed by atoms with Gasteiger partial charge in [0.05, 0.1) is 4.34 Å². The first-order valence-corrected chi connectivity index (χ1v) is 7.64. The van der Waals surface area contributed by atoms with Crippen molar-refractivity contribution in [3.63, 3.8) is 0 Å². The van der Waals surface area contributed by atoms with Crippen LogP contribution in [-0.2, 0) is 6.42 Å². The normalized spacial score (nSPS) is 12.7. The summed E-state index contributed by atoms with van der Waals surface area (Å²) in [6.07, 6.45) is 0.516. The average Bonchev–Trinajstić information content (AvgIpc) is 2.80. The average molecular weight is 316 g/mol. The maximum Gasteiger partial charge on any atom is 0.133 e. The van der Waals surface area contributed by atoms with E-state index in [-0.39, 0.29) is 5.56 Å². The van der Waals surface area contributed by atoms with Crippen LogP contribution in [0.4, 0.5) is 8.78 Å². The summed E-state index contributed by atoms with van der Waals surface area (Å²) in [5, 5.41) is 3.15. The van der Waals surface area contributed by atoms with Gasteiger partial charge in [-0.25, -0.2) is 8.78 Å². The van der Waals surface area contributed by atoms with Gasteiger partial charge in [-0.15, -0.1) is 11.3 Å². The molecule has 0 aliphatic carbocycles. The lowest BCUT2D eigenvalue weighted by atomic mass is 9.99. The number of rotatable bonds is 5. The van der Waals surface area contributed by atoms with Gasteiger partial charge in [0.2, 0.25) is 0 Å². The zero-order valence-electron chi connectivity index (χ0n) is 11.3. The third-order valence-corrected chi connectivity index (χ3v) is 4.41. The van der Waals surface area contributed by atoms with Crippen molar-refractivity contribution in [1.82, 2.24) is 5.32 Å². The fraction of sp³-hybridized carbons (Fsp3) is 0.333. The van der Waals surface area contributed by atoms with Gasteiger partial charge in [-0.3, -0.25) is 0 Å². The number of benzene rings is 1. The van der Waals surface area contributed by atoms with E-state index in [2.05, 4.69) is 5.32 Å². The summed E-state index contributed by atoms with van der Waals surface area (Å²) >= 11 is 7.34. The number of halogens is 3. The summed E-state index contributed by atoms with van der Waals surface area (Å²) in [5.41, 5.74) is 0.560. The Labute approximate surface area is 126 Å². The lowest BCUT2D eigenvalue weighted by molar-refractivity contribution is 0.472. The topological polar surface area (TPSA) is 12.0 Å². The molecule has 2 aromatic rings. The van der Waals surface area contributed by atoms with Gasteiger partial charge in [-0.1, -0.05) is 24.6 Å². The lowest BCUT2D eigenvalue weighted by Gasteiger charge is -2.20. The Morgan fingerprint density at radius 2 is 2.00 bits per heavy atom. The second-order valence-corrected chi connectivity index (χ2v) is 6.41. The predicted molar refractivity (Wildman–Crippen MR) is 80.5 cm³/mol. The van der Waals surface area contributed by atoms with Gasteiger partial charge in [-0.2, -0.15) is 0 Å². The molecule has 0 saturated heterocycles. The summed E-state index contributed by atoms with van der Waals surface area (Å²) in [7, 11) is 0. The van der Waals surface area contributed by atoms with Crippen molar-refractivity contribution in [2.75, 3.05) is 6.54 Å². The first kappa shape index (κ1) is 15.4. The van der Waals surface area contributed by atoms with Crippen LogP contribution in [0, 0.1) is 18.6 Å². The summed E-state index contributed by atoms with van der Waals surface area (Å²) in [6, 6.07) is 6.07. The third kappa shape index (κ3) is 3.37. The Morgan fingerprint density at radius 1 is 1.25 bits per heavy atom. The van der Waals surface area contributed by atoms with E-state index in [1.165, 1.54) is 23.5 Å². The Balaban J connectivity index is 2.35. The van der Waals surface area contributed by atoms with Gasteiger partial charge in [0.25, 0.3) is 0 Å². The number of likely N-dealkylation sites (N-methyl/N-ethyl adjacent to an activating group) is 1. The van der Waals surface area contributed by atoms with Crippen LogP contribution < -0.4 is 5.32 Å². The highest BCUT2D eigenvalue weighted by atomic mass is 35.5. The molecular weight excluding hydrogens is 300 g/mol. The molecule has 0 spiro atoms.